The molecule has 4 heteroatoms. The first-order valence-corrected chi connectivity index (χ1v) is 6.08. The van der Waals surface area contributed by atoms with Gasteiger partial charge in [-0.05, 0) is 18.8 Å². The minimum Gasteiger partial charge on any atom is -0.373 e. The largest absolute Gasteiger partial charge is 0.373 e. The van der Waals surface area contributed by atoms with Crippen LogP contribution in [0.5, 0.6) is 0 Å². The molecule has 96 valence electrons. The molecule has 0 amide bonds. The van der Waals surface area contributed by atoms with Gasteiger partial charge in [-0.15, -0.1) is 0 Å². The van der Waals surface area contributed by atoms with Crippen molar-refractivity contribution in [2.75, 3.05) is 37.5 Å². The summed E-state index contributed by atoms with van der Waals surface area (Å²) in [6.45, 7) is 5.19. The maximum Gasteiger partial charge on any atom is 0.253 e. The van der Waals surface area contributed by atoms with Crippen LogP contribution in [0.4, 0.5) is 11.4 Å². The van der Waals surface area contributed by atoms with E-state index in [9.17, 15) is 9.59 Å². The molecule has 4 nitrogen and oxygen atoms in total. The third kappa shape index (κ3) is 2.87. The number of anilines is 2. The van der Waals surface area contributed by atoms with E-state index in [1.165, 1.54) is 0 Å². The second kappa shape index (κ2) is 5.34. The smallest absolute Gasteiger partial charge is 0.253 e. The van der Waals surface area contributed by atoms with E-state index in [0.717, 1.165) is 19.4 Å². The molecule has 1 aromatic rings. The monoisotopic (exact) mass is 238 g/mol. The predicted octanol–water partition coefficient (Wildman–Crippen LogP) is 1.22. The van der Waals surface area contributed by atoms with Gasteiger partial charge in [0, 0.05) is 27.7 Å². The molecule has 0 unspecified atom stereocenters. The van der Waals surface area contributed by atoms with Crippen molar-refractivity contribution in [1.29, 1.82) is 0 Å². The van der Waals surface area contributed by atoms with Gasteiger partial charge >= 0.3 is 0 Å². The lowest BCUT2D eigenvalue weighted by Gasteiger charge is -2.26. The molecule has 0 radical (unpaired) electrons. The highest BCUT2D eigenvalue weighted by atomic mass is 16.2. The molecule has 0 saturated heterocycles. The fraction of sp³-hybridized carbons (Fsp3) is 0.692. The molecule has 0 spiro atoms. The summed E-state index contributed by atoms with van der Waals surface area (Å²) in [4.78, 5) is 26.6. The highest BCUT2D eigenvalue weighted by Crippen LogP contribution is 2.21. The van der Waals surface area contributed by atoms with Gasteiger partial charge in [-0.2, -0.15) is 0 Å². The third-order valence-corrected chi connectivity index (χ3v) is 2.96. The Bertz CT molecular complexity index is 442. The molecule has 0 fully saturated rings. The summed E-state index contributed by atoms with van der Waals surface area (Å²) < 4.78 is 0. The lowest BCUT2D eigenvalue weighted by atomic mass is 10.1. The van der Waals surface area contributed by atoms with Crippen molar-refractivity contribution in [2.24, 2.45) is 5.92 Å². The summed E-state index contributed by atoms with van der Waals surface area (Å²) >= 11 is 0. The average molecular weight is 238 g/mol. The van der Waals surface area contributed by atoms with Gasteiger partial charge < -0.3 is 9.80 Å². The normalized spacial score (nSPS) is 11.2. The van der Waals surface area contributed by atoms with Gasteiger partial charge in [-0.3, -0.25) is 9.59 Å². The van der Waals surface area contributed by atoms with Gasteiger partial charge in [0.2, 0.25) is 0 Å². The molecule has 0 bridgehead atoms. The molecule has 0 aliphatic carbocycles. The van der Waals surface area contributed by atoms with E-state index in [4.69, 9.17) is 0 Å². The molecule has 0 aromatic heterocycles. The van der Waals surface area contributed by atoms with E-state index >= 15 is 0 Å². The number of hydrogen-bond acceptors (Lipinski definition) is 4. The van der Waals surface area contributed by atoms with Crippen molar-refractivity contribution in [1.82, 2.24) is 0 Å². The fourth-order valence-corrected chi connectivity index (χ4v) is 1.99. The van der Waals surface area contributed by atoms with Gasteiger partial charge in [-0.1, -0.05) is 13.8 Å². The molecule has 17 heavy (non-hydrogen) atoms. The van der Waals surface area contributed by atoms with Gasteiger partial charge in [0.1, 0.15) is 11.4 Å². The van der Waals surface area contributed by atoms with E-state index in [0.29, 0.717) is 17.3 Å². The van der Waals surface area contributed by atoms with E-state index in [1.54, 1.807) is 19.0 Å². The highest BCUT2D eigenvalue weighted by Gasteiger charge is 2.25. The van der Waals surface area contributed by atoms with Crippen LogP contribution in [0.1, 0.15) is 26.7 Å². The zero-order chi connectivity index (χ0) is 13.2. The Morgan fingerprint density at radius 1 is 1.00 bits per heavy atom. The summed E-state index contributed by atoms with van der Waals surface area (Å²) in [6.07, 6.45) is 2.18. The first kappa shape index (κ1) is 13.7. The van der Waals surface area contributed by atoms with E-state index in [-0.39, 0.29) is 10.9 Å². The maximum atomic E-state index is 11.5. The molecule has 0 N–H and O–H groups in total. The van der Waals surface area contributed by atoms with Gasteiger partial charge in [0.05, 0.1) is 0 Å². The first-order valence-electron chi connectivity index (χ1n) is 6.08. The van der Waals surface area contributed by atoms with Crippen LogP contribution in [0.2, 0.25) is 0 Å². The van der Waals surface area contributed by atoms with Crippen LogP contribution < -0.4 is 20.7 Å². The second-order valence-corrected chi connectivity index (χ2v) is 5.21. The molecule has 0 aliphatic heterocycles. The highest BCUT2D eigenvalue weighted by molar-refractivity contribution is 5.75. The number of rotatable bonds is 6. The molecule has 1 aromatic carbocycles. The Kier molecular flexibility index (Phi) is 4.32. The van der Waals surface area contributed by atoms with Crippen LogP contribution in [0.3, 0.4) is 0 Å². The molecule has 0 atom stereocenters. The van der Waals surface area contributed by atoms with Crippen molar-refractivity contribution in [3.8, 4) is 0 Å². The predicted molar refractivity (Wildman–Crippen MR) is 73.0 cm³/mol. The van der Waals surface area contributed by atoms with Crippen molar-refractivity contribution < 1.29 is 0 Å². The molecule has 0 aliphatic rings. The zero-order valence-electron chi connectivity index (χ0n) is 11.4. The quantitative estimate of drug-likeness (QED) is 0.699. The summed E-state index contributed by atoms with van der Waals surface area (Å²) in [7, 11) is 5.47. The molecule has 0 heterocycles. The lowest BCUT2D eigenvalue weighted by Crippen LogP contribution is -2.43. The summed E-state index contributed by atoms with van der Waals surface area (Å²) in [5.74, 6) is 0.671. The van der Waals surface area contributed by atoms with Crippen LogP contribution in [-0.2, 0) is 0 Å². The van der Waals surface area contributed by atoms with Crippen LogP contribution in [0, 0.1) is 5.92 Å². The van der Waals surface area contributed by atoms with E-state index in [2.05, 4.69) is 13.8 Å². The van der Waals surface area contributed by atoms with E-state index in [1.807, 2.05) is 11.9 Å². The Labute approximate surface area is 103 Å². The minimum atomic E-state index is -0.360. The molecular weight excluding hydrogens is 216 g/mol. The Morgan fingerprint density at radius 2 is 1.53 bits per heavy atom. The van der Waals surface area contributed by atoms with E-state index < -0.39 is 0 Å². The SMILES string of the molecule is CC(C)CCCN(C)c1c(N(C)C)c(=O)c1=O. The van der Waals surface area contributed by atoms with Crippen molar-refractivity contribution in [3.05, 3.63) is 20.4 Å². The zero-order valence-corrected chi connectivity index (χ0v) is 11.4. The molecular formula is C13H22N2O2. The Hall–Kier alpha value is -1.32. The second-order valence-electron chi connectivity index (χ2n) is 5.21. The van der Waals surface area contributed by atoms with Crippen LogP contribution in [0.25, 0.3) is 0 Å². The third-order valence-electron chi connectivity index (χ3n) is 2.96. The Morgan fingerprint density at radius 3 is 2.00 bits per heavy atom. The lowest BCUT2D eigenvalue weighted by molar-refractivity contribution is 0.555. The fourth-order valence-electron chi connectivity index (χ4n) is 1.99. The van der Waals surface area contributed by atoms with Crippen LogP contribution in [-0.4, -0.2) is 27.7 Å². The van der Waals surface area contributed by atoms with Gasteiger partial charge in [-0.25, -0.2) is 0 Å². The summed E-state index contributed by atoms with van der Waals surface area (Å²) in [5, 5.41) is 0. The van der Waals surface area contributed by atoms with Crippen molar-refractivity contribution >= 4 is 11.4 Å². The molecule has 1 rings (SSSR count). The standard InChI is InChI=1S/C13H22N2O2/c1-9(2)7-6-8-15(5)11-10(14(3)4)12(16)13(11)17/h9H,6-8H2,1-5H3. The van der Waals surface area contributed by atoms with Crippen molar-refractivity contribution in [2.45, 2.75) is 26.7 Å². The van der Waals surface area contributed by atoms with Gasteiger partial charge in [0.15, 0.2) is 0 Å². The maximum absolute atomic E-state index is 11.5. The average Bonchev–Trinajstić information content (AvgIpc) is 2.22. The number of nitrogens with zero attached hydrogens (tertiary/aromatic N) is 2. The summed E-state index contributed by atoms with van der Waals surface area (Å²) in [6, 6.07) is 0. The van der Waals surface area contributed by atoms with Crippen LogP contribution in [0.15, 0.2) is 9.59 Å². The Balaban J connectivity index is 2.70. The number of hydrogen-bond donors (Lipinski definition) is 0. The molecule has 0 saturated carbocycles. The topological polar surface area (TPSA) is 40.6 Å². The van der Waals surface area contributed by atoms with Gasteiger partial charge in [0.25, 0.3) is 10.9 Å². The minimum absolute atomic E-state index is 0.347. The first-order chi connectivity index (χ1) is 7.86. The van der Waals surface area contributed by atoms with Crippen molar-refractivity contribution in [3.63, 3.8) is 0 Å². The summed E-state index contributed by atoms with van der Waals surface area (Å²) in [5.41, 5.74) is 0.409. The van der Waals surface area contributed by atoms with Crippen LogP contribution >= 0.6 is 0 Å².